The summed E-state index contributed by atoms with van der Waals surface area (Å²) in [6, 6.07) is 9.69. The standard InChI is InChI=1S/C15H22ClNO2S/c16-13-15(10-5-2-6-11-15)17-20(18,19)12-9-14-7-3-1-4-8-14/h1,3-4,7-8,17H,2,5-6,9-13H2. The summed E-state index contributed by atoms with van der Waals surface area (Å²) in [5.74, 6) is 0.479. The molecule has 0 heterocycles. The van der Waals surface area contributed by atoms with Crippen LogP contribution in [0.3, 0.4) is 0 Å². The molecule has 112 valence electrons. The quantitative estimate of drug-likeness (QED) is 0.820. The molecule has 2 rings (SSSR count). The van der Waals surface area contributed by atoms with E-state index in [0.717, 1.165) is 31.2 Å². The van der Waals surface area contributed by atoms with Crippen LogP contribution in [-0.2, 0) is 16.4 Å². The second-order valence-corrected chi connectivity index (χ2v) is 7.74. The zero-order chi connectivity index (χ0) is 14.5. The Morgan fingerprint density at radius 3 is 2.35 bits per heavy atom. The van der Waals surface area contributed by atoms with Gasteiger partial charge >= 0.3 is 0 Å². The summed E-state index contributed by atoms with van der Waals surface area (Å²) in [5.41, 5.74) is 0.622. The predicted molar refractivity (Wildman–Crippen MR) is 83.6 cm³/mol. The lowest BCUT2D eigenvalue weighted by atomic mass is 9.84. The zero-order valence-electron chi connectivity index (χ0n) is 11.6. The third-order valence-electron chi connectivity index (χ3n) is 3.94. The minimum absolute atomic E-state index is 0.121. The molecule has 1 aromatic rings. The zero-order valence-corrected chi connectivity index (χ0v) is 13.2. The molecule has 1 saturated carbocycles. The van der Waals surface area contributed by atoms with Gasteiger partial charge in [0, 0.05) is 11.4 Å². The Balaban J connectivity index is 1.96. The maximum absolute atomic E-state index is 12.3. The number of hydrogen-bond acceptors (Lipinski definition) is 2. The molecule has 0 aromatic heterocycles. The van der Waals surface area contributed by atoms with E-state index in [1.807, 2.05) is 30.3 Å². The third kappa shape index (κ3) is 4.47. The number of aryl methyl sites for hydroxylation is 1. The molecule has 1 aliphatic carbocycles. The molecular weight excluding hydrogens is 294 g/mol. The SMILES string of the molecule is O=S(=O)(CCc1ccccc1)NC1(CCl)CCCCC1. The van der Waals surface area contributed by atoms with Crippen molar-refractivity contribution in [3.8, 4) is 0 Å². The van der Waals surface area contributed by atoms with Gasteiger partial charge in [0.2, 0.25) is 10.0 Å². The second kappa shape index (κ2) is 6.92. The third-order valence-corrected chi connectivity index (χ3v) is 5.94. The van der Waals surface area contributed by atoms with Gasteiger partial charge in [-0.2, -0.15) is 0 Å². The largest absolute Gasteiger partial charge is 0.212 e. The van der Waals surface area contributed by atoms with Gasteiger partial charge in [0.15, 0.2) is 0 Å². The van der Waals surface area contributed by atoms with E-state index in [9.17, 15) is 8.42 Å². The molecule has 3 nitrogen and oxygen atoms in total. The summed E-state index contributed by atoms with van der Waals surface area (Å²) in [6.45, 7) is 0. The van der Waals surface area contributed by atoms with Crippen LogP contribution in [0.2, 0.25) is 0 Å². The van der Waals surface area contributed by atoms with Crippen molar-refractivity contribution in [3.05, 3.63) is 35.9 Å². The van der Waals surface area contributed by atoms with Gasteiger partial charge in [0.25, 0.3) is 0 Å². The second-order valence-electron chi connectivity index (χ2n) is 5.63. The van der Waals surface area contributed by atoms with E-state index in [1.165, 1.54) is 6.42 Å². The summed E-state index contributed by atoms with van der Waals surface area (Å²) >= 11 is 6.03. The van der Waals surface area contributed by atoms with E-state index < -0.39 is 15.6 Å². The smallest absolute Gasteiger partial charge is 0.212 e. The lowest BCUT2D eigenvalue weighted by molar-refractivity contribution is 0.298. The van der Waals surface area contributed by atoms with Crippen LogP contribution >= 0.6 is 11.6 Å². The molecule has 0 saturated heterocycles. The lowest BCUT2D eigenvalue weighted by Crippen LogP contribution is -2.52. The van der Waals surface area contributed by atoms with Crippen LogP contribution in [0.5, 0.6) is 0 Å². The maximum atomic E-state index is 12.3. The van der Waals surface area contributed by atoms with Crippen molar-refractivity contribution in [2.75, 3.05) is 11.6 Å². The molecule has 0 atom stereocenters. The van der Waals surface area contributed by atoms with Gasteiger partial charge in [0.05, 0.1) is 5.75 Å². The van der Waals surface area contributed by atoms with Gasteiger partial charge < -0.3 is 0 Å². The highest BCUT2D eigenvalue weighted by Gasteiger charge is 2.34. The van der Waals surface area contributed by atoms with Crippen molar-refractivity contribution in [1.29, 1.82) is 0 Å². The highest BCUT2D eigenvalue weighted by molar-refractivity contribution is 7.89. The van der Waals surface area contributed by atoms with Gasteiger partial charge in [-0.3, -0.25) is 0 Å². The van der Waals surface area contributed by atoms with Crippen LogP contribution in [0.25, 0.3) is 0 Å². The fourth-order valence-corrected chi connectivity index (χ4v) is 4.73. The summed E-state index contributed by atoms with van der Waals surface area (Å²) in [7, 11) is -3.28. The normalized spacial score (nSPS) is 18.9. The lowest BCUT2D eigenvalue weighted by Gasteiger charge is -2.36. The van der Waals surface area contributed by atoms with Gasteiger partial charge in [-0.15, -0.1) is 11.6 Å². The van der Waals surface area contributed by atoms with Gasteiger partial charge in [-0.25, -0.2) is 13.1 Å². The maximum Gasteiger partial charge on any atom is 0.212 e. The number of sulfonamides is 1. The Labute approximate surface area is 126 Å². The minimum atomic E-state index is -3.28. The Morgan fingerprint density at radius 2 is 1.75 bits per heavy atom. The van der Waals surface area contributed by atoms with Crippen molar-refractivity contribution in [2.45, 2.75) is 44.1 Å². The molecule has 0 unspecified atom stereocenters. The summed E-state index contributed by atoms with van der Waals surface area (Å²) < 4.78 is 27.4. The molecular formula is C15H22ClNO2S. The minimum Gasteiger partial charge on any atom is -0.212 e. The average molecular weight is 316 g/mol. The first-order chi connectivity index (χ1) is 9.55. The molecule has 20 heavy (non-hydrogen) atoms. The first-order valence-electron chi connectivity index (χ1n) is 7.17. The number of nitrogens with one attached hydrogen (secondary N) is 1. The van der Waals surface area contributed by atoms with E-state index in [1.54, 1.807) is 0 Å². The van der Waals surface area contributed by atoms with Crippen LogP contribution in [0, 0.1) is 0 Å². The molecule has 1 fully saturated rings. The molecule has 1 aromatic carbocycles. The molecule has 0 spiro atoms. The van der Waals surface area contributed by atoms with Crippen LogP contribution < -0.4 is 4.72 Å². The van der Waals surface area contributed by atoms with Crippen molar-refractivity contribution >= 4 is 21.6 Å². The Kier molecular flexibility index (Phi) is 5.47. The highest BCUT2D eigenvalue weighted by atomic mass is 35.5. The summed E-state index contributed by atoms with van der Waals surface area (Å²) in [4.78, 5) is 0. The number of rotatable bonds is 6. The number of hydrogen-bond donors (Lipinski definition) is 1. The molecule has 0 aliphatic heterocycles. The van der Waals surface area contributed by atoms with Crippen LogP contribution in [0.4, 0.5) is 0 Å². The van der Waals surface area contributed by atoms with E-state index in [4.69, 9.17) is 11.6 Å². The van der Waals surface area contributed by atoms with E-state index in [-0.39, 0.29) is 5.75 Å². The average Bonchev–Trinajstić information content (AvgIpc) is 2.47. The van der Waals surface area contributed by atoms with Crippen LogP contribution in [-0.4, -0.2) is 25.6 Å². The fourth-order valence-electron chi connectivity index (χ4n) is 2.77. The van der Waals surface area contributed by atoms with Gasteiger partial charge in [0.1, 0.15) is 0 Å². The first-order valence-corrected chi connectivity index (χ1v) is 9.36. The highest BCUT2D eigenvalue weighted by Crippen LogP contribution is 2.30. The Morgan fingerprint density at radius 1 is 1.10 bits per heavy atom. The number of alkyl halides is 1. The van der Waals surface area contributed by atoms with Crippen molar-refractivity contribution in [1.82, 2.24) is 4.72 Å². The molecule has 0 radical (unpaired) electrons. The van der Waals surface area contributed by atoms with E-state index in [2.05, 4.69) is 4.72 Å². The van der Waals surface area contributed by atoms with Gasteiger partial charge in [-0.05, 0) is 24.8 Å². The molecule has 0 amide bonds. The Bertz CT molecular complexity index is 510. The Hall–Kier alpha value is -0.580. The molecule has 1 N–H and O–H groups in total. The van der Waals surface area contributed by atoms with Crippen molar-refractivity contribution in [2.24, 2.45) is 0 Å². The number of benzene rings is 1. The predicted octanol–water partition coefficient (Wildman–Crippen LogP) is 3.09. The van der Waals surface area contributed by atoms with Gasteiger partial charge in [-0.1, -0.05) is 49.6 Å². The summed E-state index contributed by atoms with van der Waals surface area (Å²) in [6.07, 6.45) is 5.50. The molecule has 0 bridgehead atoms. The molecule has 5 heteroatoms. The first kappa shape index (κ1) is 15.8. The van der Waals surface area contributed by atoms with Crippen LogP contribution in [0.1, 0.15) is 37.7 Å². The van der Waals surface area contributed by atoms with Crippen LogP contribution in [0.15, 0.2) is 30.3 Å². The molecule has 1 aliphatic rings. The van der Waals surface area contributed by atoms with E-state index >= 15 is 0 Å². The van der Waals surface area contributed by atoms with Crippen molar-refractivity contribution in [3.63, 3.8) is 0 Å². The number of halogens is 1. The fraction of sp³-hybridized carbons (Fsp3) is 0.600. The monoisotopic (exact) mass is 315 g/mol. The summed E-state index contributed by atoms with van der Waals surface area (Å²) in [5, 5.41) is 0. The van der Waals surface area contributed by atoms with Crippen molar-refractivity contribution < 1.29 is 8.42 Å². The van der Waals surface area contributed by atoms with E-state index in [0.29, 0.717) is 12.3 Å². The topological polar surface area (TPSA) is 46.2 Å².